The predicted octanol–water partition coefficient (Wildman–Crippen LogP) is 3.51. The van der Waals surface area contributed by atoms with E-state index in [1.807, 2.05) is 41.3 Å². The first kappa shape index (κ1) is 18.8. The highest BCUT2D eigenvalue weighted by Gasteiger charge is 2.27. The van der Waals surface area contributed by atoms with Crippen LogP contribution in [0.1, 0.15) is 11.6 Å². The number of hydrogen-bond acceptors (Lipinski definition) is 3. The van der Waals surface area contributed by atoms with Crippen LogP contribution in [0.3, 0.4) is 0 Å². The molecule has 1 fully saturated rings. The number of halogens is 2. The van der Waals surface area contributed by atoms with E-state index in [-0.39, 0.29) is 30.2 Å². The van der Waals surface area contributed by atoms with Crippen molar-refractivity contribution in [2.45, 2.75) is 10.9 Å². The molecule has 1 N–H and O–H groups in total. The third kappa shape index (κ3) is 4.72. The quantitative estimate of drug-likeness (QED) is 0.840. The first-order valence-corrected chi connectivity index (χ1v) is 8.66. The Balaban J connectivity index is 0.00000208. The summed E-state index contributed by atoms with van der Waals surface area (Å²) in [6.45, 7) is 2.08. The number of nitrogens with one attached hydrogen (secondary N) is 1. The van der Waals surface area contributed by atoms with Crippen LogP contribution in [0.5, 0.6) is 0 Å². The Morgan fingerprint density at radius 2 is 2.00 bits per heavy atom. The van der Waals surface area contributed by atoms with Gasteiger partial charge < -0.3 is 10.2 Å². The number of piperazine rings is 1. The zero-order valence-corrected chi connectivity index (χ0v) is 14.8. The third-order valence-corrected chi connectivity index (χ3v) is 4.90. The monoisotopic (exact) mass is 366 g/mol. The van der Waals surface area contributed by atoms with E-state index in [1.54, 1.807) is 6.07 Å². The second kappa shape index (κ2) is 9.06. The highest BCUT2D eigenvalue weighted by molar-refractivity contribution is 8.00. The zero-order chi connectivity index (χ0) is 16.1. The molecule has 0 aromatic heterocycles. The van der Waals surface area contributed by atoms with Gasteiger partial charge in [-0.15, -0.1) is 24.2 Å². The lowest BCUT2D eigenvalue weighted by atomic mass is 10.0. The first-order chi connectivity index (χ1) is 11.2. The molecule has 128 valence electrons. The Morgan fingerprint density at radius 3 is 2.75 bits per heavy atom. The fraction of sp³-hybridized carbons (Fsp3) is 0.278. The average Bonchev–Trinajstić information content (AvgIpc) is 2.60. The summed E-state index contributed by atoms with van der Waals surface area (Å²) < 4.78 is 13.5. The van der Waals surface area contributed by atoms with Crippen LogP contribution in [-0.4, -0.2) is 36.2 Å². The predicted molar refractivity (Wildman–Crippen MR) is 98.1 cm³/mol. The van der Waals surface area contributed by atoms with Crippen molar-refractivity contribution in [3.8, 4) is 0 Å². The first-order valence-electron chi connectivity index (χ1n) is 7.67. The summed E-state index contributed by atoms with van der Waals surface area (Å²) in [5.74, 6) is 0.226. The van der Waals surface area contributed by atoms with Gasteiger partial charge in [0.05, 0.1) is 11.8 Å². The molecule has 1 amide bonds. The van der Waals surface area contributed by atoms with Gasteiger partial charge in [0.15, 0.2) is 0 Å². The van der Waals surface area contributed by atoms with Crippen LogP contribution >= 0.6 is 24.2 Å². The van der Waals surface area contributed by atoms with Crippen LogP contribution in [0.25, 0.3) is 0 Å². The summed E-state index contributed by atoms with van der Waals surface area (Å²) in [5.41, 5.74) is 0.843. The van der Waals surface area contributed by atoms with Crippen molar-refractivity contribution >= 4 is 30.1 Å². The number of nitrogens with zero attached hydrogens (tertiary/aromatic N) is 1. The summed E-state index contributed by atoms with van der Waals surface area (Å²) in [6, 6.07) is 16.3. The molecule has 0 saturated carbocycles. The van der Waals surface area contributed by atoms with E-state index in [1.165, 1.54) is 23.9 Å². The van der Waals surface area contributed by atoms with Crippen molar-refractivity contribution < 1.29 is 9.18 Å². The van der Waals surface area contributed by atoms with E-state index in [0.29, 0.717) is 18.8 Å². The highest BCUT2D eigenvalue weighted by atomic mass is 35.5. The smallest absolute Gasteiger partial charge is 0.233 e. The van der Waals surface area contributed by atoms with E-state index >= 15 is 0 Å². The van der Waals surface area contributed by atoms with Crippen LogP contribution in [0.4, 0.5) is 4.39 Å². The normalized spacial score (nSPS) is 17.2. The van der Waals surface area contributed by atoms with E-state index in [0.717, 1.165) is 17.0 Å². The van der Waals surface area contributed by atoms with Crippen LogP contribution in [0.2, 0.25) is 0 Å². The molecule has 0 radical (unpaired) electrons. The lowest BCUT2D eigenvalue weighted by molar-refractivity contribution is -0.131. The molecule has 0 aliphatic carbocycles. The average molecular weight is 367 g/mol. The second-order valence-electron chi connectivity index (χ2n) is 5.46. The van der Waals surface area contributed by atoms with Crippen LogP contribution in [-0.2, 0) is 4.79 Å². The summed E-state index contributed by atoms with van der Waals surface area (Å²) in [7, 11) is 0. The largest absolute Gasteiger partial charge is 0.332 e. The maximum absolute atomic E-state index is 13.5. The molecule has 6 heteroatoms. The second-order valence-corrected chi connectivity index (χ2v) is 6.51. The number of hydrogen-bond donors (Lipinski definition) is 1. The zero-order valence-electron chi connectivity index (χ0n) is 13.2. The minimum Gasteiger partial charge on any atom is -0.332 e. The Bertz CT molecular complexity index is 671. The van der Waals surface area contributed by atoms with Crippen molar-refractivity contribution in [2.24, 2.45) is 0 Å². The minimum atomic E-state index is -0.265. The Labute approximate surface area is 152 Å². The molecule has 2 aromatic rings. The number of carbonyl (C=O) groups is 1. The van der Waals surface area contributed by atoms with Crippen molar-refractivity contribution in [2.75, 3.05) is 25.4 Å². The molecule has 1 atom stereocenters. The van der Waals surface area contributed by atoms with Crippen LogP contribution in [0, 0.1) is 5.82 Å². The molecule has 2 aromatic carbocycles. The molecule has 24 heavy (non-hydrogen) atoms. The summed E-state index contributed by atoms with van der Waals surface area (Å²) in [5, 5.41) is 3.29. The SMILES string of the molecule is Cl.O=C(CSc1ccccc1)N1CCNCC1c1cccc(F)c1. The summed E-state index contributed by atoms with van der Waals surface area (Å²) >= 11 is 1.54. The summed E-state index contributed by atoms with van der Waals surface area (Å²) in [6.07, 6.45) is 0. The number of carbonyl (C=O) groups excluding carboxylic acids is 1. The maximum atomic E-state index is 13.5. The lowest BCUT2D eigenvalue weighted by Crippen LogP contribution is -2.49. The van der Waals surface area contributed by atoms with Gasteiger partial charge in [0.2, 0.25) is 5.91 Å². The lowest BCUT2D eigenvalue weighted by Gasteiger charge is -2.36. The number of thioether (sulfide) groups is 1. The minimum absolute atomic E-state index is 0. The van der Waals surface area contributed by atoms with Gasteiger partial charge in [0.1, 0.15) is 5.82 Å². The molecule has 1 saturated heterocycles. The van der Waals surface area contributed by atoms with Gasteiger partial charge in [0, 0.05) is 24.5 Å². The molecular weight excluding hydrogens is 347 g/mol. The third-order valence-electron chi connectivity index (χ3n) is 3.90. The number of amides is 1. The fourth-order valence-electron chi connectivity index (χ4n) is 2.76. The highest BCUT2D eigenvalue weighted by Crippen LogP contribution is 2.25. The molecule has 1 unspecified atom stereocenters. The summed E-state index contributed by atoms with van der Waals surface area (Å²) in [4.78, 5) is 15.6. The standard InChI is InChI=1S/C18H19FN2OS.ClH/c19-15-6-4-5-14(11-15)17-12-20-9-10-21(17)18(22)13-23-16-7-2-1-3-8-16;/h1-8,11,17,20H,9-10,12-13H2;1H. The van der Waals surface area contributed by atoms with Gasteiger partial charge in [-0.3, -0.25) is 4.79 Å². The van der Waals surface area contributed by atoms with Gasteiger partial charge in [-0.1, -0.05) is 30.3 Å². The molecule has 1 heterocycles. The molecular formula is C18H20ClFN2OS. The van der Waals surface area contributed by atoms with E-state index in [9.17, 15) is 9.18 Å². The number of rotatable bonds is 4. The topological polar surface area (TPSA) is 32.3 Å². The van der Waals surface area contributed by atoms with Gasteiger partial charge in [-0.05, 0) is 29.8 Å². The van der Waals surface area contributed by atoms with Crippen LogP contribution in [0.15, 0.2) is 59.5 Å². The molecule has 1 aliphatic rings. The van der Waals surface area contributed by atoms with Crippen molar-refractivity contribution in [1.82, 2.24) is 10.2 Å². The van der Waals surface area contributed by atoms with Crippen molar-refractivity contribution in [3.05, 3.63) is 66.0 Å². The molecule has 3 nitrogen and oxygen atoms in total. The van der Waals surface area contributed by atoms with E-state index in [4.69, 9.17) is 0 Å². The molecule has 1 aliphatic heterocycles. The Kier molecular flexibility index (Phi) is 7.09. The van der Waals surface area contributed by atoms with Gasteiger partial charge in [0.25, 0.3) is 0 Å². The molecule has 0 bridgehead atoms. The van der Waals surface area contributed by atoms with Crippen LogP contribution < -0.4 is 5.32 Å². The van der Waals surface area contributed by atoms with Crippen molar-refractivity contribution in [3.63, 3.8) is 0 Å². The van der Waals surface area contributed by atoms with Gasteiger partial charge in [-0.2, -0.15) is 0 Å². The fourth-order valence-corrected chi connectivity index (χ4v) is 3.56. The Hall–Kier alpha value is -1.56. The van der Waals surface area contributed by atoms with Crippen molar-refractivity contribution in [1.29, 1.82) is 0 Å². The van der Waals surface area contributed by atoms with Gasteiger partial charge >= 0.3 is 0 Å². The molecule has 0 spiro atoms. The Morgan fingerprint density at radius 1 is 1.21 bits per heavy atom. The number of benzene rings is 2. The van der Waals surface area contributed by atoms with E-state index in [2.05, 4.69) is 5.32 Å². The van der Waals surface area contributed by atoms with E-state index < -0.39 is 0 Å². The maximum Gasteiger partial charge on any atom is 0.233 e. The van der Waals surface area contributed by atoms with Gasteiger partial charge in [-0.25, -0.2) is 4.39 Å². The molecule has 3 rings (SSSR count).